The van der Waals surface area contributed by atoms with Crippen LogP contribution in [0.15, 0.2) is 35.9 Å². The Labute approximate surface area is 113 Å². The molecule has 0 fully saturated rings. The van der Waals surface area contributed by atoms with Crippen molar-refractivity contribution in [3.8, 4) is 0 Å². The van der Waals surface area contributed by atoms with Crippen LogP contribution in [-0.2, 0) is 0 Å². The van der Waals surface area contributed by atoms with Gasteiger partial charge in [0.15, 0.2) is 0 Å². The maximum Gasteiger partial charge on any atom is -0.0257 e. The van der Waals surface area contributed by atoms with Gasteiger partial charge in [-0.15, -0.1) is 0 Å². The summed E-state index contributed by atoms with van der Waals surface area (Å²) in [5, 5.41) is 0. The van der Waals surface area contributed by atoms with E-state index in [9.17, 15) is 0 Å². The van der Waals surface area contributed by atoms with Gasteiger partial charge in [0.2, 0.25) is 0 Å². The van der Waals surface area contributed by atoms with Gasteiger partial charge in [-0.25, -0.2) is 0 Å². The van der Waals surface area contributed by atoms with Crippen LogP contribution in [0.5, 0.6) is 0 Å². The number of hydrogen-bond acceptors (Lipinski definition) is 0. The predicted octanol–water partition coefficient (Wildman–Crippen LogP) is 6.23. The minimum atomic E-state index is 1.28. The molecule has 0 unspecified atom stereocenters. The van der Waals surface area contributed by atoms with Crippen molar-refractivity contribution in [1.29, 1.82) is 0 Å². The Kier molecular flexibility index (Phi) is 8.29. The average molecular weight is 244 g/mol. The summed E-state index contributed by atoms with van der Waals surface area (Å²) in [7, 11) is 0. The third kappa shape index (κ3) is 6.64. The smallest absolute Gasteiger partial charge is 0.0257 e. The molecule has 100 valence electrons. The molecule has 18 heavy (non-hydrogen) atoms. The predicted molar refractivity (Wildman–Crippen MR) is 82.7 cm³/mol. The molecule has 1 aromatic rings. The number of benzene rings is 1. The lowest BCUT2D eigenvalue weighted by Crippen LogP contribution is -1.87. The van der Waals surface area contributed by atoms with Gasteiger partial charge < -0.3 is 0 Å². The summed E-state index contributed by atoms with van der Waals surface area (Å²) >= 11 is 0. The maximum absolute atomic E-state index is 2.40. The first-order valence-corrected chi connectivity index (χ1v) is 7.61. The van der Waals surface area contributed by atoms with Gasteiger partial charge in [0.1, 0.15) is 0 Å². The lowest BCUT2D eigenvalue weighted by molar-refractivity contribution is 0.647. The summed E-state index contributed by atoms with van der Waals surface area (Å²) < 4.78 is 0. The van der Waals surface area contributed by atoms with Crippen LogP contribution in [0.2, 0.25) is 0 Å². The van der Waals surface area contributed by atoms with Crippen molar-refractivity contribution >= 4 is 6.08 Å². The summed E-state index contributed by atoms with van der Waals surface area (Å²) in [5.74, 6) is 0. The summed E-state index contributed by atoms with van der Waals surface area (Å²) in [5.41, 5.74) is 3.00. The minimum Gasteiger partial charge on any atom is -0.0696 e. The minimum absolute atomic E-state index is 1.28. The molecule has 0 saturated carbocycles. The van der Waals surface area contributed by atoms with Crippen LogP contribution >= 0.6 is 0 Å². The van der Waals surface area contributed by atoms with Crippen molar-refractivity contribution in [2.24, 2.45) is 0 Å². The highest BCUT2D eigenvalue weighted by atomic mass is 14.0. The Morgan fingerprint density at radius 1 is 0.833 bits per heavy atom. The molecule has 0 aliphatic rings. The maximum atomic E-state index is 2.40. The van der Waals surface area contributed by atoms with E-state index in [4.69, 9.17) is 0 Å². The second-order valence-electron chi connectivity index (χ2n) is 5.13. The molecular weight excluding hydrogens is 216 g/mol. The molecule has 0 aliphatic carbocycles. The largest absolute Gasteiger partial charge is 0.0696 e. The molecule has 0 nitrogen and oxygen atoms in total. The Morgan fingerprint density at radius 3 is 2.17 bits per heavy atom. The molecule has 0 aliphatic heterocycles. The number of rotatable bonds is 9. The van der Waals surface area contributed by atoms with E-state index in [1.165, 1.54) is 56.9 Å². The van der Waals surface area contributed by atoms with Crippen LogP contribution in [0.1, 0.15) is 70.8 Å². The highest BCUT2D eigenvalue weighted by Crippen LogP contribution is 2.19. The topological polar surface area (TPSA) is 0 Å². The highest BCUT2D eigenvalue weighted by Gasteiger charge is 1.98. The van der Waals surface area contributed by atoms with E-state index in [2.05, 4.69) is 50.3 Å². The van der Waals surface area contributed by atoms with E-state index in [0.717, 1.165) is 0 Å². The molecule has 0 spiro atoms. The molecule has 0 heterocycles. The average Bonchev–Trinajstić information content (AvgIpc) is 2.41. The van der Waals surface area contributed by atoms with Gasteiger partial charge in [-0.1, -0.05) is 81.5 Å². The first kappa shape index (κ1) is 15.0. The van der Waals surface area contributed by atoms with Crippen molar-refractivity contribution in [2.45, 2.75) is 65.2 Å². The molecule has 0 N–H and O–H groups in total. The molecule has 0 atom stereocenters. The lowest BCUT2D eigenvalue weighted by atomic mass is 9.99. The zero-order valence-electron chi connectivity index (χ0n) is 12.1. The zero-order valence-corrected chi connectivity index (χ0v) is 12.1. The molecule has 0 aromatic heterocycles. The van der Waals surface area contributed by atoms with Gasteiger partial charge in [-0.3, -0.25) is 0 Å². The van der Waals surface area contributed by atoms with Crippen LogP contribution in [0.3, 0.4) is 0 Å². The van der Waals surface area contributed by atoms with Gasteiger partial charge >= 0.3 is 0 Å². The molecule has 0 radical (unpaired) electrons. The second kappa shape index (κ2) is 9.94. The van der Waals surface area contributed by atoms with Crippen molar-refractivity contribution in [3.05, 3.63) is 41.5 Å². The molecule has 0 amide bonds. The van der Waals surface area contributed by atoms with Crippen molar-refractivity contribution < 1.29 is 0 Å². The van der Waals surface area contributed by atoms with Crippen LogP contribution in [0.4, 0.5) is 0 Å². The van der Waals surface area contributed by atoms with Gasteiger partial charge in [0.05, 0.1) is 0 Å². The Morgan fingerprint density at radius 2 is 1.50 bits per heavy atom. The Hall–Kier alpha value is -1.04. The zero-order chi connectivity index (χ0) is 13.1. The van der Waals surface area contributed by atoms with E-state index in [-0.39, 0.29) is 0 Å². The first-order valence-electron chi connectivity index (χ1n) is 7.61. The number of hydrogen-bond donors (Lipinski definition) is 0. The second-order valence-corrected chi connectivity index (χ2v) is 5.13. The summed E-state index contributed by atoms with van der Waals surface area (Å²) in [6.07, 6.45) is 13.0. The van der Waals surface area contributed by atoms with Crippen LogP contribution in [0, 0.1) is 0 Å². The SMILES string of the molecule is CCCCCCC(=Cc1ccccc1)CCCC. The van der Waals surface area contributed by atoms with E-state index in [0.29, 0.717) is 0 Å². The fourth-order valence-electron chi connectivity index (χ4n) is 2.24. The van der Waals surface area contributed by atoms with Crippen molar-refractivity contribution in [3.63, 3.8) is 0 Å². The third-order valence-electron chi connectivity index (χ3n) is 3.37. The monoisotopic (exact) mass is 244 g/mol. The molecule has 0 bridgehead atoms. The lowest BCUT2D eigenvalue weighted by Gasteiger charge is -2.07. The van der Waals surface area contributed by atoms with Crippen molar-refractivity contribution in [1.82, 2.24) is 0 Å². The van der Waals surface area contributed by atoms with E-state index >= 15 is 0 Å². The standard InChI is InChI=1S/C18H28/c1-3-5-7-9-13-17(12-6-4-2)16-18-14-10-8-11-15-18/h8,10-11,14-16H,3-7,9,12-13H2,1-2H3. The molecule has 1 aromatic carbocycles. The van der Waals surface area contributed by atoms with Gasteiger partial charge in [0, 0.05) is 0 Å². The molecule has 0 heteroatoms. The van der Waals surface area contributed by atoms with Gasteiger partial charge in [0.25, 0.3) is 0 Å². The number of unbranched alkanes of at least 4 members (excludes halogenated alkanes) is 4. The van der Waals surface area contributed by atoms with Crippen LogP contribution < -0.4 is 0 Å². The fraction of sp³-hybridized carbons (Fsp3) is 0.556. The van der Waals surface area contributed by atoms with Gasteiger partial charge in [-0.2, -0.15) is 0 Å². The van der Waals surface area contributed by atoms with Gasteiger partial charge in [-0.05, 0) is 31.2 Å². The van der Waals surface area contributed by atoms with E-state index in [1.54, 1.807) is 5.57 Å². The first-order chi connectivity index (χ1) is 8.86. The molecule has 0 saturated heterocycles. The Balaban J connectivity index is 2.51. The quantitative estimate of drug-likeness (QED) is 0.452. The summed E-state index contributed by atoms with van der Waals surface area (Å²) in [6.45, 7) is 4.55. The summed E-state index contributed by atoms with van der Waals surface area (Å²) in [6, 6.07) is 10.8. The van der Waals surface area contributed by atoms with Crippen LogP contribution in [0.25, 0.3) is 6.08 Å². The van der Waals surface area contributed by atoms with Crippen molar-refractivity contribution in [2.75, 3.05) is 0 Å². The molecular formula is C18H28. The van der Waals surface area contributed by atoms with E-state index < -0.39 is 0 Å². The molecule has 1 rings (SSSR count). The highest BCUT2D eigenvalue weighted by molar-refractivity contribution is 5.52. The third-order valence-corrected chi connectivity index (χ3v) is 3.37. The van der Waals surface area contributed by atoms with E-state index in [1.807, 2.05) is 0 Å². The normalized spacial score (nSPS) is 11.8. The number of allylic oxidation sites excluding steroid dienone is 1. The fourth-order valence-corrected chi connectivity index (χ4v) is 2.24. The Bertz CT molecular complexity index is 321. The summed E-state index contributed by atoms with van der Waals surface area (Å²) in [4.78, 5) is 0. The van der Waals surface area contributed by atoms with Crippen LogP contribution in [-0.4, -0.2) is 0 Å².